The first kappa shape index (κ1) is 22.9. The van der Waals surface area contributed by atoms with E-state index in [1.807, 2.05) is 32.9 Å². The van der Waals surface area contributed by atoms with Gasteiger partial charge >= 0.3 is 0 Å². The molecule has 0 spiro atoms. The lowest BCUT2D eigenvalue weighted by molar-refractivity contribution is -0.115. The van der Waals surface area contributed by atoms with Crippen LogP contribution in [-0.2, 0) is 4.79 Å². The van der Waals surface area contributed by atoms with Crippen LogP contribution in [0.25, 0.3) is 0 Å². The summed E-state index contributed by atoms with van der Waals surface area (Å²) >= 11 is 0. The molecule has 1 aliphatic rings. The molecule has 1 aliphatic heterocycles. The standard InChI is InChI=1S/C27H25N3O4/c1-5-24(31)28-19-10-8-16(3)22(14-19)29-25(32)18-9-11-20-21(13-18)27(34)30(26(20)33)23-12-15(2)6-7-17(23)4/h6-14H,5H2,1-4H3,(H,28,31)(H,29,32). The number of hydrogen-bond donors (Lipinski definition) is 2. The van der Waals surface area contributed by atoms with Crippen LogP contribution in [0.4, 0.5) is 17.1 Å². The molecule has 3 aromatic rings. The maximum Gasteiger partial charge on any atom is 0.266 e. The third kappa shape index (κ3) is 4.20. The normalized spacial score (nSPS) is 12.5. The Labute approximate surface area is 197 Å². The first-order chi connectivity index (χ1) is 16.2. The van der Waals surface area contributed by atoms with Crippen LogP contribution in [0, 0.1) is 20.8 Å². The van der Waals surface area contributed by atoms with Crippen molar-refractivity contribution in [3.8, 4) is 0 Å². The van der Waals surface area contributed by atoms with Gasteiger partial charge in [0, 0.05) is 23.4 Å². The van der Waals surface area contributed by atoms with Gasteiger partial charge in [0.15, 0.2) is 0 Å². The van der Waals surface area contributed by atoms with Gasteiger partial charge in [0.25, 0.3) is 17.7 Å². The second-order valence-electron chi connectivity index (χ2n) is 8.38. The molecular formula is C27H25N3O4. The van der Waals surface area contributed by atoms with Gasteiger partial charge in [-0.15, -0.1) is 0 Å². The molecule has 3 aromatic carbocycles. The lowest BCUT2D eigenvalue weighted by atomic mass is 10.0. The number of amides is 4. The molecule has 4 amide bonds. The summed E-state index contributed by atoms with van der Waals surface area (Å²) in [5.41, 5.74) is 4.93. The van der Waals surface area contributed by atoms with E-state index in [0.29, 0.717) is 23.5 Å². The molecule has 172 valence electrons. The maximum absolute atomic E-state index is 13.2. The Morgan fingerprint density at radius 2 is 1.50 bits per heavy atom. The fourth-order valence-corrected chi connectivity index (χ4v) is 3.84. The fraction of sp³-hybridized carbons (Fsp3) is 0.185. The monoisotopic (exact) mass is 455 g/mol. The van der Waals surface area contributed by atoms with Crippen LogP contribution in [-0.4, -0.2) is 23.6 Å². The van der Waals surface area contributed by atoms with Crippen LogP contribution in [0.15, 0.2) is 54.6 Å². The van der Waals surface area contributed by atoms with E-state index in [9.17, 15) is 19.2 Å². The van der Waals surface area contributed by atoms with Gasteiger partial charge in [-0.1, -0.05) is 25.1 Å². The molecule has 7 nitrogen and oxygen atoms in total. The quantitative estimate of drug-likeness (QED) is 0.529. The number of fused-ring (bicyclic) bond motifs is 1. The number of anilines is 3. The van der Waals surface area contributed by atoms with Gasteiger partial charge in [-0.25, -0.2) is 4.90 Å². The number of nitrogens with one attached hydrogen (secondary N) is 2. The minimum atomic E-state index is -0.455. The number of nitrogens with zero attached hydrogens (tertiary/aromatic N) is 1. The second-order valence-corrected chi connectivity index (χ2v) is 8.38. The molecule has 1 heterocycles. The molecule has 0 saturated carbocycles. The van der Waals surface area contributed by atoms with Crippen molar-refractivity contribution in [2.45, 2.75) is 34.1 Å². The molecule has 2 N–H and O–H groups in total. The van der Waals surface area contributed by atoms with Gasteiger partial charge in [0.1, 0.15) is 0 Å². The lowest BCUT2D eigenvalue weighted by Crippen LogP contribution is -2.30. The van der Waals surface area contributed by atoms with E-state index in [4.69, 9.17) is 0 Å². The number of aryl methyl sites for hydroxylation is 3. The molecule has 0 aromatic heterocycles. The fourth-order valence-electron chi connectivity index (χ4n) is 3.84. The molecule has 0 saturated heterocycles. The van der Waals surface area contributed by atoms with Crippen molar-refractivity contribution < 1.29 is 19.2 Å². The van der Waals surface area contributed by atoms with Crippen LogP contribution >= 0.6 is 0 Å². The number of carbonyl (C=O) groups is 4. The summed E-state index contributed by atoms with van der Waals surface area (Å²) in [6.07, 6.45) is 0.344. The number of benzene rings is 3. The predicted octanol–water partition coefficient (Wildman–Crippen LogP) is 5.01. The summed E-state index contributed by atoms with van der Waals surface area (Å²) in [4.78, 5) is 52.0. The Bertz CT molecular complexity index is 1360. The van der Waals surface area contributed by atoms with Crippen LogP contribution in [0.1, 0.15) is 61.1 Å². The van der Waals surface area contributed by atoms with Gasteiger partial charge in [-0.3, -0.25) is 19.2 Å². The second kappa shape index (κ2) is 8.94. The summed E-state index contributed by atoms with van der Waals surface area (Å²) in [5.74, 6) is -1.41. The van der Waals surface area contributed by atoms with Gasteiger partial charge in [-0.05, 0) is 73.9 Å². The SMILES string of the molecule is CCC(=O)Nc1ccc(C)c(NC(=O)c2ccc3c(c2)C(=O)N(c2cc(C)ccc2C)C3=O)c1. The topological polar surface area (TPSA) is 95.6 Å². The molecule has 0 fully saturated rings. The summed E-state index contributed by atoms with van der Waals surface area (Å²) in [5, 5.41) is 5.60. The zero-order valence-electron chi connectivity index (χ0n) is 19.5. The molecule has 0 radical (unpaired) electrons. The van der Waals surface area contributed by atoms with Crippen molar-refractivity contribution in [3.05, 3.63) is 88.0 Å². The van der Waals surface area contributed by atoms with Crippen molar-refractivity contribution in [1.29, 1.82) is 0 Å². The Morgan fingerprint density at radius 1 is 0.794 bits per heavy atom. The highest BCUT2D eigenvalue weighted by Crippen LogP contribution is 2.32. The van der Waals surface area contributed by atoms with Gasteiger partial charge < -0.3 is 10.6 Å². The predicted molar refractivity (Wildman–Crippen MR) is 132 cm³/mol. The van der Waals surface area contributed by atoms with Crippen LogP contribution < -0.4 is 15.5 Å². The van der Waals surface area contributed by atoms with Crippen LogP contribution in [0.2, 0.25) is 0 Å². The van der Waals surface area contributed by atoms with E-state index >= 15 is 0 Å². The van der Waals surface area contributed by atoms with E-state index in [2.05, 4.69) is 10.6 Å². The third-order valence-corrected chi connectivity index (χ3v) is 5.84. The van der Waals surface area contributed by atoms with E-state index in [0.717, 1.165) is 16.7 Å². The lowest BCUT2D eigenvalue weighted by Gasteiger charge is -2.17. The number of hydrogen-bond acceptors (Lipinski definition) is 4. The molecule has 0 atom stereocenters. The van der Waals surface area contributed by atoms with E-state index in [1.54, 1.807) is 31.2 Å². The van der Waals surface area contributed by atoms with Gasteiger partial charge in [-0.2, -0.15) is 0 Å². The Hall–Kier alpha value is -4.26. The molecule has 0 bridgehead atoms. The molecule has 7 heteroatoms. The first-order valence-electron chi connectivity index (χ1n) is 11.0. The smallest absolute Gasteiger partial charge is 0.266 e. The largest absolute Gasteiger partial charge is 0.326 e. The third-order valence-electron chi connectivity index (χ3n) is 5.84. The molecule has 0 unspecified atom stereocenters. The first-order valence-corrected chi connectivity index (χ1v) is 11.0. The minimum Gasteiger partial charge on any atom is -0.326 e. The molecule has 4 rings (SSSR count). The Kier molecular flexibility index (Phi) is 6.03. The Balaban J connectivity index is 1.61. The van der Waals surface area contributed by atoms with Crippen molar-refractivity contribution in [3.63, 3.8) is 0 Å². The van der Waals surface area contributed by atoms with Gasteiger partial charge in [0.05, 0.1) is 16.8 Å². The molecule has 0 aliphatic carbocycles. The number of rotatable bonds is 5. The van der Waals surface area contributed by atoms with E-state index in [-0.39, 0.29) is 22.6 Å². The minimum absolute atomic E-state index is 0.128. The average molecular weight is 456 g/mol. The highest BCUT2D eigenvalue weighted by Gasteiger charge is 2.37. The molecule has 34 heavy (non-hydrogen) atoms. The Morgan fingerprint density at radius 3 is 2.24 bits per heavy atom. The van der Waals surface area contributed by atoms with E-state index < -0.39 is 17.7 Å². The highest BCUT2D eigenvalue weighted by molar-refractivity contribution is 6.35. The number of imide groups is 1. The summed E-state index contributed by atoms with van der Waals surface area (Å²) < 4.78 is 0. The summed E-state index contributed by atoms with van der Waals surface area (Å²) in [7, 11) is 0. The molecular weight excluding hydrogens is 430 g/mol. The van der Waals surface area contributed by atoms with Gasteiger partial charge in [0.2, 0.25) is 5.91 Å². The van der Waals surface area contributed by atoms with E-state index in [1.165, 1.54) is 23.1 Å². The van der Waals surface area contributed by atoms with Crippen molar-refractivity contribution in [2.75, 3.05) is 15.5 Å². The van der Waals surface area contributed by atoms with Crippen molar-refractivity contribution >= 4 is 40.7 Å². The number of carbonyl (C=O) groups excluding carboxylic acids is 4. The van der Waals surface area contributed by atoms with Crippen LogP contribution in [0.5, 0.6) is 0 Å². The van der Waals surface area contributed by atoms with Crippen LogP contribution in [0.3, 0.4) is 0 Å². The average Bonchev–Trinajstić information content (AvgIpc) is 3.06. The maximum atomic E-state index is 13.2. The summed E-state index contributed by atoms with van der Waals surface area (Å²) in [6, 6.07) is 15.3. The highest BCUT2D eigenvalue weighted by atomic mass is 16.2. The zero-order valence-corrected chi connectivity index (χ0v) is 19.5. The van der Waals surface area contributed by atoms with Crippen molar-refractivity contribution in [2.24, 2.45) is 0 Å². The summed E-state index contributed by atoms with van der Waals surface area (Å²) in [6.45, 7) is 7.34. The zero-order chi connectivity index (χ0) is 24.6. The van der Waals surface area contributed by atoms with Crippen molar-refractivity contribution in [1.82, 2.24) is 0 Å².